The summed E-state index contributed by atoms with van der Waals surface area (Å²) >= 11 is 0. The average Bonchev–Trinajstić information content (AvgIpc) is 2.94. The van der Waals surface area contributed by atoms with Gasteiger partial charge in [-0.25, -0.2) is 23.1 Å². The number of hydrogen-bond acceptors (Lipinski definition) is 4. The Balaban J connectivity index is 1.88. The van der Waals surface area contributed by atoms with Crippen molar-refractivity contribution in [3.63, 3.8) is 0 Å². The number of aromatic nitrogens is 3. The van der Waals surface area contributed by atoms with Gasteiger partial charge in [-0.05, 0) is 12.8 Å². The molecule has 1 saturated carbocycles. The van der Waals surface area contributed by atoms with Crippen LogP contribution in [0.25, 0.3) is 11.0 Å². The van der Waals surface area contributed by atoms with Gasteiger partial charge in [-0.15, -0.1) is 0 Å². The third kappa shape index (κ3) is 2.77. The maximum Gasteiger partial charge on any atom is 0.248 e. The highest BCUT2D eigenvalue weighted by Crippen LogP contribution is 2.35. The number of ketones is 1. The van der Waals surface area contributed by atoms with Crippen LogP contribution in [0, 0.1) is 0 Å². The maximum atomic E-state index is 13.2. The number of carbonyl (C=O) groups is 1. The van der Waals surface area contributed by atoms with Crippen LogP contribution in [-0.4, -0.2) is 39.4 Å². The summed E-state index contributed by atoms with van der Waals surface area (Å²) in [6, 6.07) is 0. The number of halogens is 3. The van der Waals surface area contributed by atoms with Gasteiger partial charge in [0.25, 0.3) is 0 Å². The Morgan fingerprint density at radius 1 is 1.36 bits per heavy atom. The van der Waals surface area contributed by atoms with Crippen molar-refractivity contribution in [3.8, 4) is 5.88 Å². The predicted octanol–water partition coefficient (Wildman–Crippen LogP) is 3.07. The second-order valence-corrected chi connectivity index (χ2v) is 5.33. The van der Waals surface area contributed by atoms with Crippen molar-refractivity contribution in [1.29, 1.82) is 0 Å². The fourth-order valence-electron chi connectivity index (χ4n) is 2.60. The van der Waals surface area contributed by atoms with Gasteiger partial charge in [-0.3, -0.25) is 4.79 Å². The predicted molar refractivity (Wildman–Crippen MR) is 72.0 cm³/mol. The summed E-state index contributed by atoms with van der Waals surface area (Å²) in [5, 5.41) is 0.294. The van der Waals surface area contributed by atoms with Crippen LogP contribution in [0.4, 0.5) is 13.2 Å². The van der Waals surface area contributed by atoms with E-state index in [4.69, 9.17) is 4.74 Å². The van der Waals surface area contributed by atoms with Gasteiger partial charge in [-0.2, -0.15) is 0 Å². The molecule has 0 radical (unpaired) electrons. The Kier molecular flexibility index (Phi) is 3.76. The second-order valence-electron chi connectivity index (χ2n) is 5.33. The summed E-state index contributed by atoms with van der Waals surface area (Å²) in [6.45, 7) is -1.14. The minimum Gasteiger partial charge on any atom is -0.474 e. The topological polar surface area (TPSA) is 67.9 Å². The van der Waals surface area contributed by atoms with Crippen molar-refractivity contribution in [3.05, 3.63) is 18.1 Å². The lowest BCUT2D eigenvalue weighted by Gasteiger charge is -2.28. The van der Waals surface area contributed by atoms with E-state index >= 15 is 0 Å². The van der Waals surface area contributed by atoms with Crippen LogP contribution >= 0.6 is 0 Å². The molecule has 8 heteroatoms. The Hall–Kier alpha value is -2.12. The zero-order valence-electron chi connectivity index (χ0n) is 11.6. The Morgan fingerprint density at radius 2 is 2.09 bits per heavy atom. The van der Waals surface area contributed by atoms with E-state index < -0.39 is 24.5 Å². The van der Waals surface area contributed by atoms with Gasteiger partial charge in [0, 0.05) is 19.0 Å². The molecule has 0 aliphatic heterocycles. The number of nitrogens with zero attached hydrogens (tertiary/aromatic N) is 2. The van der Waals surface area contributed by atoms with Crippen molar-refractivity contribution >= 4 is 16.8 Å². The number of Topliss-reactive ketones (excluding diaryl/α,β-unsaturated/α-hetero) is 1. The first-order valence-electron chi connectivity index (χ1n) is 6.96. The molecule has 0 bridgehead atoms. The molecule has 0 unspecified atom stereocenters. The molecular formula is C14H14F3N3O2. The van der Waals surface area contributed by atoms with Crippen molar-refractivity contribution in [2.24, 2.45) is 0 Å². The summed E-state index contributed by atoms with van der Waals surface area (Å²) in [5.41, 5.74) is 0.456. The van der Waals surface area contributed by atoms with E-state index in [0.29, 0.717) is 11.0 Å². The van der Waals surface area contributed by atoms with Crippen molar-refractivity contribution in [2.75, 3.05) is 6.67 Å². The molecule has 118 valence electrons. The van der Waals surface area contributed by atoms with Gasteiger partial charge in [0.2, 0.25) is 11.8 Å². The zero-order chi connectivity index (χ0) is 15.7. The lowest BCUT2D eigenvalue weighted by Crippen LogP contribution is -2.31. The summed E-state index contributed by atoms with van der Waals surface area (Å²) in [6.07, 6.45) is 2.12. The molecule has 5 nitrogen and oxygen atoms in total. The fraction of sp³-hybridized carbons (Fsp3) is 0.500. The minimum absolute atomic E-state index is 0.106. The Bertz CT molecular complexity index is 692. The lowest BCUT2D eigenvalue weighted by atomic mass is 9.94. The van der Waals surface area contributed by atoms with E-state index in [1.54, 1.807) is 0 Å². The normalized spacial score (nSPS) is 18.5. The molecule has 1 N–H and O–H groups in total. The highest BCUT2D eigenvalue weighted by Gasteiger charge is 2.36. The first-order valence-corrected chi connectivity index (χ1v) is 6.96. The molecule has 0 saturated heterocycles. The zero-order valence-corrected chi connectivity index (χ0v) is 11.6. The summed E-state index contributed by atoms with van der Waals surface area (Å²) in [7, 11) is 0. The molecule has 2 aromatic heterocycles. The first kappa shape index (κ1) is 14.8. The SMILES string of the molecule is O=C(CF)c1c[nH]c2ncnc(OC3CCC(F)(F)CC3)c12. The molecule has 3 rings (SSSR count). The van der Waals surface area contributed by atoms with Gasteiger partial charge in [-0.1, -0.05) is 0 Å². The number of rotatable bonds is 4. The quantitative estimate of drug-likeness (QED) is 0.881. The smallest absolute Gasteiger partial charge is 0.248 e. The molecule has 0 amide bonds. The number of alkyl halides is 3. The third-order valence-electron chi connectivity index (χ3n) is 3.80. The standard InChI is InChI=1S/C14H14F3N3O2/c15-5-10(21)9-6-18-12-11(9)13(20-7-19-12)22-8-1-3-14(16,17)4-2-8/h6-8H,1-5H2,(H,18,19,20). The Morgan fingerprint density at radius 3 is 2.77 bits per heavy atom. The van der Waals surface area contributed by atoms with Crippen molar-refractivity contribution in [1.82, 2.24) is 15.0 Å². The van der Waals surface area contributed by atoms with Crippen molar-refractivity contribution < 1.29 is 22.7 Å². The highest BCUT2D eigenvalue weighted by atomic mass is 19.3. The van der Waals surface area contributed by atoms with E-state index in [1.165, 1.54) is 12.5 Å². The van der Waals surface area contributed by atoms with Gasteiger partial charge in [0.05, 0.1) is 10.9 Å². The van der Waals surface area contributed by atoms with Crippen LogP contribution in [0.15, 0.2) is 12.5 Å². The monoisotopic (exact) mass is 313 g/mol. The molecule has 1 aliphatic carbocycles. The number of fused-ring (bicyclic) bond motifs is 1. The molecule has 0 spiro atoms. The maximum absolute atomic E-state index is 13.2. The summed E-state index contributed by atoms with van der Waals surface area (Å²) < 4.78 is 44.6. The fourth-order valence-corrected chi connectivity index (χ4v) is 2.60. The third-order valence-corrected chi connectivity index (χ3v) is 3.80. The number of hydrogen-bond donors (Lipinski definition) is 1. The van der Waals surface area contributed by atoms with E-state index in [0.717, 1.165) is 0 Å². The van der Waals surface area contributed by atoms with Crippen molar-refractivity contribution in [2.45, 2.75) is 37.7 Å². The van der Waals surface area contributed by atoms with E-state index in [-0.39, 0.29) is 37.1 Å². The van der Waals surface area contributed by atoms with Crippen LogP contribution < -0.4 is 4.74 Å². The average molecular weight is 313 g/mol. The highest BCUT2D eigenvalue weighted by molar-refractivity contribution is 6.09. The van der Waals surface area contributed by atoms with Gasteiger partial charge in [0.1, 0.15) is 18.1 Å². The number of ether oxygens (including phenoxy) is 1. The van der Waals surface area contributed by atoms with Crippen LogP contribution in [0.2, 0.25) is 0 Å². The van der Waals surface area contributed by atoms with Crippen LogP contribution in [0.5, 0.6) is 5.88 Å². The number of nitrogens with one attached hydrogen (secondary N) is 1. The summed E-state index contributed by atoms with van der Waals surface area (Å²) in [5.74, 6) is -3.23. The molecular weight excluding hydrogens is 299 g/mol. The Labute approximate surface area is 123 Å². The van der Waals surface area contributed by atoms with Crippen LogP contribution in [0.3, 0.4) is 0 Å². The molecule has 2 heterocycles. The van der Waals surface area contributed by atoms with Gasteiger partial charge >= 0.3 is 0 Å². The molecule has 0 atom stereocenters. The summed E-state index contributed by atoms with van der Waals surface area (Å²) in [4.78, 5) is 22.3. The molecule has 22 heavy (non-hydrogen) atoms. The lowest BCUT2D eigenvalue weighted by molar-refractivity contribution is -0.0586. The van der Waals surface area contributed by atoms with Gasteiger partial charge < -0.3 is 9.72 Å². The molecule has 0 aromatic carbocycles. The van der Waals surface area contributed by atoms with Gasteiger partial charge in [0.15, 0.2) is 12.5 Å². The van der Waals surface area contributed by atoms with Crippen LogP contribution in [-0.2, 0) is 0 Å². The number of carbonyl (C=O) groups excluding carboxylic acids is 1. The first-order chi connectivity index (χ1) is 10.5. The second kappa shape index (κ2) is 5.58. The molecule has 1 aliphatic rings. The number of H-pyrrole nitrogens is 1. The minimum atomic E-state index is -2.65. The largest absolute Gasteiger partial charge is 0.474 e. The van der Waals surface area contributed by atoms with E-state index in [9.17, 15) is 18.0 Å². The number of aromatic amines is 1. The van der Waals surface area contributed by atoms with E-state index in [1.807, 2.05) is 0 Å². The molecule has 1 fully saturated rings. The van der Waals surface area contributed by atoms with Crippen LogP contribution in [0.1, 0.15) is 36.0 Å². The van der Waals surface area contributed by atoms with E-state index in [2.05, 4.69) is 15.0 Å². The molecule has 2 aromatic rings.